The summed E-state index contributed by atoms with van der Waals surface area (Å²) < 4.78 is 1.51. The van der Waals surface area contributed by atoms with Gasteiger partial charge in [-0.15, -0.1) is 11.1 Å². The van der Waals surface area contributed by atoms with Gasteiger partial charge in [0.25, 0.3) is 0 Å². The average molecular weight is 449 g/mol. The second-order valence-electron chi connectivity index (χ2n) is 5.81. The van der Waals surface area contributed by atoms with E-state index in [0.717, 1.165) is 6.42 Å². The van der Waals surface area contributed by atoms with E-state index in [4.69, 9.17) is 0 Å². The van der Waals surface area contributed by atoms with Gasteiger partial charge in [-0.2, -0.15) is 42.0 Å². The third-order valence-corrected chi connectivity index (χ3v) is 3.50. The van der Waals surface area contributed by atoms with Crippen LogP contribution in [-0.4, -0.2) is 3.21 Å². The third kappa shape index (κ3) is 7.49. The Balaban J connectivity index is 0.000000443. The molecule has 0 N–H and O–H groups in total. The number of hydrogen-bond acceptors (Lipinski definition) is 0. The van der Waals surface area contributed by atoms with Gasteiger partial charge in [0, 0.05) is 0 Å². The molecule has 1 aliphatic carbocycles. The van der Waals surface area contributed by atoms with Gasteiger partial charge in [-0.1, -0.05) is 42.3 Å². The van der Waals surface area contributed by atoms with Crippen LogP contribution in [0.2, 0.25) is 0 Å². The second kappa shape index (κ2) is 12.5. The Bertz CT molecular complexity index is 740. The van der Waals surface area contributed by atoms with Crippen LogP contribution in [0.3, 0.4) is 0 Å². The molecule has 0 atom stereocenters. The van der Waals surface area contributed by atoms with Crippen LogP contribution in [0.25, 0.3) is 11.1 Å². The molecule has 0 fully saturated rings. The minimum Gasteiger partial charge on any atom is -1.00 e. The number of benzene rings is 2. The van der Waals surface area contributed by atoms with Crippen molar-refractivity contribution in [1.82, 2.24) is 0 Å². The van der Waals surface area contributed by atoms with Crippen molar-refractivity contribution < 1.29 is 49.0 Å². The molecule has 3 aromatic rings. The van der Waals surface area contributed by atoms with Gasteiger partial charge in [0.1, 0.15) is 0 Å². The van der Waals surface area contributed by atoms with Gasteiger partial charge in [0.05, 0.1) is 0 Å². The zero-order valence-corrected chi connectivity index (χ0v) is 18.8. The van der Waals surface area contributed by atoms with Crippen molar-refractivity contribution in [3.8, 4) is 11.1 Å². The summed E-state index contributed by atoms with van der Waals surface area (Å²) in [5, 5.41) is 0. The van der Waals surface area contributed by atoms with E-state index < -0.39 is 0 Å². The zero-order chi connectivity index (χ0) is 16.7. The average Bonchev–Trinajstić information content (AvgIpc) is 3.18. The molecule has 0 radical (unpaired) electrons. The van der Waals surface area contributed by atoms with Gasteiger partial charge < -0.3 is 24.8 Å². The summed E-state index contributed by atoms with van der Waals surface area (Å²) in [7, 11) is 0. The van der Waals surface area contributed by atoms with E-state index in [9.17, 15) is 0 Å². The Morgan fingerprint density at radius 2 is 1.60 bits per heavy atom. The van der Waals surface area contributed by atoms with Gasteiger partial charge in [0.2, 0.25) is 0 Å². The molecule has 1 aliphatic rings. The van der Waals surface area contributed by atoms with Gasteiger partial charge in [0.15, 0.2) is 0 Å². The second-order valence-corrected chi connectivity index (χ2v) is 8.27. The first-order chi connectivity index (χ1) is 11.1. The molecule has 0 spiro atoms. The van der Waals surface area contributed by atoms with Crippen molar-refractivity contribution in [3.63, 3.8) is 0 Å². The van der Waals surface area contributed by atoms with Crippen LogP contribution in [-0.2, 0) is 30.7 Å². The van der Waals surface area contributed by atoms with E-state index in [1.165, 1.54) is 31.0 Å². The molecular weight excluding hydrogens is 426 g/mol. The molecular formula is C22H22Cl2Zr-2. The van der Waals surface area contributed by atoms with Crippen molar-refractivity contribution in [3.05, 3.63) is 89.5 Å². The minimum absolute atomic E-state index is 0. The summed E-state index contributed by atoms with van der Waals surface area (Å²) in [4.78, 5) is 0. The van der Waals surface area contributed by atoms with Crippen LogP contribution in [0.15, 0.2) is 66.7 Å². The molecule has 130 valence electrons. The Labute approximate surface area is 179 Å². The SMILES string of the molecule is C[C](C)=[Zr+2].Cc1cc[c-]c2c1-c1ccccc1C2.[Cl-].[Cl-].c1cc[cH-]c1. The zero-order valence-electron chi connectivity index (χ0n) is 14.8. The fourth-order valence-electron chi connectivity index (χ4n) is 2.60. The fraction of sp³-hybridized carbons (Fsp3) is 0.182. The maximum absolute atomic E-state index is 3.34. The summed E-state index contributed by atoms with van der Waals surface area (Å²) in [6.07, 6.45) is 1.05. The fourth-order valence-corrected chi connectivity index (χ4v) is 2.60. The van der Waals surface area contributed by atoms with Crippen LogP contribution >= 0.6 is 0 Å². The van der Waals surface area contributed by atoms with E-state index in [1.54, 1.807) is 24.2 Å². The predicted octanol–water partition coefficient (Wildman–Crippen LogP) is -0.475. The number of hydrogen-bond donors (Lipinski definition) is 0. The Hall–Kier alpha value is -0.877. The van der Waals surface area contributed by atoms with E-state index in [-0.39, 0.29) is 24.8 Å². The third-order valence-electron chi connectivity index (χ3n) is 3.50. The normalized spacial score (nSPS) is 9.64. The van der Waals surface area contributed by atoms with Crippen LogP contribution in [0, 0.1) is 13.0 Å². The summed E-state index contributed by atoms with van der Waals surface area (Å²) in [6, 6.07) is 26.1. The van der Waals surface area contributed by atoms with Crippen LogP contribution in [0.1, 0.15) is 30.5 Å². The van der Waals surface area contributed by atoms with Gasteiger partial charge >= 0.3 is 41.3 Å². The number of fused-ring (bicyclic) bond motifs is 3. The van der Waals surface area contributed by atoms with Crippen molar-refractivity contribution in [2.45, 2.75) is 27.2 Å². The molecule has 0 saturated heterocycles. The smallest absolute Gasteiger partial charge is 0.0253 e. The molecule has 0 aromatic heterocycles. The maximum atomic E-state index is 3.34. The van der Waals surface area contributed by atoms with Crippen molar-refractivity contribution in [2.24, 2.45) is 0 Å². The monoisotopic (exact) mass is 446 g/mol. The molecule has 25 heavy (non-hydrogen) atoms. The molecule has 0 unspecified atom stereocenters. The number of rotatable bonds is 0. The van der Waals surface area contributed by atoms with Gasteiger partial charge in [-0.3, -0.25) is 0 Å². The Morgan fingerprint density at radius 1 is 1.00 bits per heavy atom. The van der Waals surface area contributed by atoms with E-state index in [1.807, 2.05) is 36.4 Å². The van der Waals surface area contributed by atoms with Crippen molar-refractivity contribution >= 4 is 3.21 Å². The number of halogens is 2. The molecule has 0 bridgehead atoms. The van der Waals surface area contributed by atoms with Gasteiger partial charge in [-0.05, 0) is 6.42 Å². The summed E-state index contributed by atoms with van der Waals surface area (Å²) >= 11 is 1.55. The van der Waals surface area contributed by atoms with E-state index in [0.29, 0.717) is 0 Å². The summed E-state index contributed by atoms with van der Waals surface area (Å²) in [5.74, 6) is 0. The molecule has 0 amide bonds. The Morgan fingerprint density at radius 3 is 2.16 bits per heavy atom. The first-order valence-corrected chi connectivity index (χ1v) is 9.09. The molecule has 3 heteroatoms. The number of aryl methyl sites for hydroxylation is 1. The molecule has 0 saturated carbocycles. The molecule has 0 nitrogen and oxygen atoms in total. The van der Waals surface area contributed by atoms with E-state index in [2.05, 4.69) is 57.2 Å². The van der Waals surface area contributed by atoms with Gasteiger partial charge in [-0.25, -0.2) is 12.1 Å². The summed E-state index contributed by atoms with van der Waals surface area (Å²) in [6.45, 7) is 6.42. The first-order valence-electron chi connectivity index (χ1n) is 7.86. The van der Waals surface area contributed by atoms with Crippen molar-refractivity contribution in [2.75, 3.05) is 0 Å². The molecule has 4 rings (SSSR count). The standard InChI is InChI=1S/C14H11.C5H5.C3H6.2ClH.Zr/c1-10-5-4-7-12-9-11-6-2-3-8-13(11)14(10)12;1-2-4-5-3-1;1-3-2;;;/h2-6,8H,9H2,1H3;1-5H;1-2H3;2*1H;/q2*-1;;;;+2/p-2. The topological polar surface area (TPSA) is 0 Å². The maximum Gasteiger partial charge on any atom is -0.0253 e. The Kier molecular flexibility index (Phi) is 12.0. The largest absolute Gasteiger partial charge is 1.00 e. The van der Waals surface area contributed by atoms with E-state index >= 15 is 0 Å². The minimum atomic E-state index is 0. The summed E-state index contributed by atoms with van der Waals surface area (Å²) in [5.41, 5.74) is 6.96. The van der Waals surface area contributed by atoms with Crippen LogP contribution in [0.4, 0.5) is 0 Å². The van der Waals surface area contributed by atoms with Crippen molar-refractivity contribution in [1.29, 1.82) is 0 Å². The molecule has 0 heterocycles. The van der Waals surface area contributed by atoms with Crippen LogP contribution < -0.4 is 24.8 Å². The quantitative estimate of drug-likeness (QED) is 0.319. The molecule has 0 aliphatic heterocycles. The predicted molar refractivity (Wildman–Crippen MR) is 96.6 cm³/mol. The first kappa shape index (κ1) is 24.1. The molecule has 3 aromatic carbocycles. The van der Waals surface area contributed by atoms with Crippen LogP contribution in [0.5, 0.6) is 0 Å².